The van der Waals surface area contributed by atoms with Crippen LogP contribution in [0.25, 0.3) is 22.8 Å². The summed E-state index contributed by atoms with van der Waals surface area (Å²) in [6.07, 6.45) is 1.88. The van der Waals surface area contributed by atoms with Gasteiger partial charge >= 0.3 is 0 Å². The van der Waals surface area contributed by atoms with Gasteiger partial charge in [0.25, 0.3) is 5.91 Å². The highest BCUT2D eigenvalue weighted by Gasteiger charge is 2.24. The SMILES string of the molecule is COc1cc(/C=C2/C(=O)Nc3ccccc32)c(-c2ccccc2OC)cc1OC. The van der Waals surface area contributed by atoms with Gasteiger partial charge in [0.1, 0.15) is 5.75 Å². The number of nitrogens with one attached hydrogen (secondary N) is 1. The quantitative estimate of drug-likeness (QED) is 0.635. The lowest BCUT2D eigenvalue weighted by atomic mass is 9.95. The summed E-state index contributed by atoms with van der Waals surface area (Å²) in [6, 6.07) is 19.2. The molecule has 3 aromatic rings. The van der Waals surface area contributed by atoms with E-state index in [1.165, 1.54) is 0 Å². The van der Waals surface area contributed by atoms with E-state index in [4.69, 9.17) is 14.2 Å². The van der Waals surface area contributed by atoms with Gasteiger partial charge in [0, 0.05) is 22.4 Å². The van der Waals surface area contributed by atoms with Crippen LogP contribution in [0, 0.1) is 0 Å². The Labute approximate surface area is 169 Å². The molecular weight excluding hydrogens is 366 g/mol. The summed E-state index contributed by atoms with van der Waals surface area (Å²) in [5, 5.41) is 2.91. The molecule has 0 radical (unpaired) electrons. The maximum atomic E-state index is 12.6. The molecule has 3 aromatic carbocycles. The zero-order valence-electron chi connectivity index (χ0n) is 16.5. The van der Waals surface area contributed by atoms with Gasteiger partial charge in [0.2, 0.25) is 0 Å². The zero-order valence-corrected chi connectivity index (χ0v) is 16.5. The van der Waals surface area contributed by atoms with Crippen molar-refractivity contribution < 1.29 is 19.0 Å². The largest absolute Gasteiger partial charge is 0.496 e. The van der Waals surface area contributed by atoms with Gasteiger partial charge in [-0.3, -0.25) is 4.79 Å². The van der Waals surface area contributed by atoms with Crippen molar-refractivity contribution >= 4 is 23.2 Å². The summed E-state index contributed by atoms with van der Waals surface area (Å²) < 4.78 is 16.6. The van der Waals surface area contributed by atoms with Crippen LogP contribution in [0.4, 0.5) is 5.69 Å². The second-order valence-corrected chi connectivity index (χ2v) is 6.55. The van der Waals surface area contributed by atoms with Crippen LogP contribution < -0.4 is 19.5 Å². The Bertz CT molecular complexity index is 1120. The Hall–Kier alpha value is -3.73. The molecule has 0 fully saturated rings. The van der Waals surface area contributed by atoms with Gasteiger partial charge in [-0.05, 0) is 41.5 Å². The van der Waals surface area contributed by atoms with Crippen LogP contribution in [0.15, 0.2) is 60.7 Å². The number of para-hydroxylation sites is 2. The van der Waals surface area contributed by atoms with Crippen molar-refractivity contribution in [2.45, 2.75) is 0 Å². The Morgan fingerprint density at radius 2 is 1.34 bits per heavy atom. The number of carbonyl (C=O) groups excluding carboxylic acids is 1. The topological polar surface area (TPSA) is 56.8 Å². The molecule has 0 bridgehead atoms. The number of ether oxygens (including phenoxy) is 3. The normalized spacial score (nSPS) is 13.8. The maximum Gasteiger partial charge on any atom is 0.256 e. The lowest BCUT2D eigenvalue weighted by molar-refractivity contribution is -0.110. The predicted molar refractivity (Wildman–Crippen MR) is 114 cm³/mol. The Morgan fingerprint density at radius 3 is 2.07 bits per heavy atom. The van der Waals surface area contributed by atoms with Gasteiger partial charge in [0.05, 0.1) is 21.3 Å². The van der Waals surface area contributed by atoms with Crippen molar-refractivity contribution in [3.05, 3.63) is 71.8 Å². The molecule has 146 valence electrons. The fourth-order valence-electron chi connectivity index (χ4n) is 3.55. The summed E-state index contributed by atoms with van der Waals surface area (Å²) in [5.41, 5.74) is 4.89. The Morgan fingerprint density at radius 1 is 0.724 bits per heavy atom. The van der Waals surface area contributed by atoms with E-state index < -0.39 is 0 Å². The second-order valence-electron chi connectivity index (χ2n) is 6.55. The van der Waals surface area contributed by atoms with Crippen molar-refractivity contribution in [1.29, 1.82) is 0 Å². The minimum absolute atomic E-state index is 0.132. The van der Waals surface area contributed by atoms with E-state index in [1.807, 2.05) is 66.7 Å². The molecule has 1 aliphatic heterocycles. The molecule has 0 aromatic heterocycles. The van der Waals surface area contributed by atoms with Crippen molar-refractivity contribution in [3.63, 3.8) is 0 Å². The lowest BCUT2D eigenvalue weighted by Gasteiger charge is -2.16. The molecule has 0 saturated heterocycles. The summed E-state index contributed by atoms with van der Waals surface area (Å²) in [5.74, 6) is 1.79. The third-order valence-corrected chi connectivity index (χ3v) is 4.96. The molecular formula is C24H21NO4. The number of benzene rings is 3. The van der Waals surface area contributed by atoms with Crippen LogP contribution in [-0.2, 0) is 4.79 Å². The standard InChI is InChI=1S/C24H21NO4/c1-27-21-11-7-5-9-17(21)18-14-23(29-3)22(28-2)13-15(18)12-19-16-8-4-6-10-20(16)25-24(19)26/h4-14H,1-3H3,(H,25,26)/b19-12+. The summed E-state index contributed by atoms with van der Waals surface area (Å²) in [4.78, 5) is 12.6. The average molecular weight is 387 g/mol. The molecule has 0 unspecified atom stereocenters. The third-order valence-electron chi connectivity index (χ3n) is 4.96. The first-order valence-corrected chi connectivity index (χ1v) is 9.18. The molecule has 1 heterocycles. The van der Waals surface area contributed by atoms with Crippen LogP contribution in [0.1, 0.15) is 11.1 Å². The maximum absolute atomic E-state index is 12.6. The number of fused-ring (bicyclic) bond motifs is 1. The van der Waals surface area contributed by atoms with E-state index in [9.17, 15) is 4.79 Å². The van der Waals surface area contributed by atoms with Gasteiger partial charge in [0.15, 0.2) is 11.5 Å². The number of hydrogen-bond acceptors (Lipinski definition) is 4. The van der Waals surface area contributed by atoms with E-state index in [0.29, 0.717) is 17.1 Å². The van der Waals surface area contributed by atoms with Crippen LogP contribution >= 0.6 is 0 Å². The first-order valence-electron chi connectivity index (χ1n) is 9.18. The number of carbonyl (C=O) groups is 1. The van der Waals surface area contributed by atoms with Crippen molar-refractivity contribution in [1.82, 2.24) is 0 Å². The molecule has 5 nitrogen and oxygen atoms in total. The number of hydrogen-bond donors (Lipinski definition) is 1. The number of anilines is 1. The van der Waals surface area contributed by atoms with Gasteiger partial charge in [-0.1, -0.05) is 36.4 Å². The highest BCUT2D eigenvalue weighted by Crippen LogP contribution is 2.42. The van der Waals surface area contributed by atoms with Crippen LogP contribution in [0.5, 0.6) is 17.2 Å². The molecule has 0 spiro atoms. The average Bonchev–Trinajstić information content (AvgIpc) is 3.08. The minimum Gasteiger partial charge on any atom is -0.496 e. The van der Waals surface area contributed by atoms with Crippen LogP contribution in [0.3, 0.4) is 0 Å². The van der Waals surface area contributed by atoms with E-state index in [-0.39, 0.29) is 5.91 Å². The highest BCUT2D eigenvalue weighted by atomic mass is 16.5. The highest BCUT2D eigenvalue weighted by molar-refractivity contribution is 6.35. The minimum atomic E-state index is -0.132. The lowest BCUT2D eigenvalue weighted by Crippen LogP contribution is -2.04. The predicted octanol–water partition coefficient (Wildman–Crippen LogP) is 4.87. The van der Waals surface area contributed by atoms with Gasteiger partial charge in [-0.25, -0.2) is 0 Å². The Balaban J connectivity index is 1.97. The number of rotatable bonds is 5. The van der Waals surface area contributed by atoms with Crippen LogP contribution in [-0.4, -0.2) is 27.2 Å². The second kappa shape index (κ2) is 7.72. The number of amides is 1. The third kappa shape index (κ3) is 3.31. The molecule has 29 heavy (non-hydrogen) atoms. The van der Waals surface area contributed by atoms with E-state index in [2.05, 4.69) is 5.32 Å². The Kier molecular flexibility index (Phi) is 4.96. The molecule has 1 N–H and O–H groups in total. The zero-order chi connectivity index (χ0) is 20.4. The van der Waals surface area contributed by atoms with Gasteiger partial charge < -0.3 is 19.5 Å². The molecule has 1 amide bonds. The van der Waals surface area contributed by atoms with Crippen molar-refractivity contribution in [2.24, 2.45) is 0 Å². The monoisotopic (exact) mass is 387 g/mol. The first-order chi connectivity index (χ1) is 14.2. The smallest absolute Gasteiger partial charge is 0.256 e. The fourth-order valence-corrected chi connectivity index (χ4v) is 3.55. The van der Waals surface area contributed by atoms with E-state index in [0.717, 1.165) is 33.7 Å². The molecule has 0 aliphatic carbocycles. The van der Waals surface area contributed by atoms with Gasteiger partial charge in [-0.2, -0.15) is 0 Å². The van der Waals surface area contributed by atoms with Crippen molar-refractivity contribution in [3.8, 4) is 28.4 Å². The first kappa shape index (κ1) is 18.6. The number of methoxy groups -OCH3 is 3. The molecule has 1 aliphatic rings. The van der Waals surface area contributed by atoms with E-state index in [1.54, 1.807) is 21.3 Å². The van der Waals surface area contributed by atoms with E-state index >= 15 is 0 Å². The molecule has 4 rings (SSSR count). The molecule has 0 saturated carbocycles. The van der Waals surface area contributed by atoms with Crippen LogP contribution in [0.2, 0.25) is 0 Å². The summed E-state index contributed by atoms with van der Waals surface area (Å²) in [7, 11) is 4.83. The summed E-state index contributed by atoms with van der Waals surface area (Å²) in [6.45, 7) is 0. The fraction of sp³-hybridized carbons (Fsp3) is 0.125. The summed E-state index contributed by atoms with van der Waals surface area (Å²) >= 11 is 0. The van der Waals surface area contributed by atoms with Gasteiger partial charge in [-0.15, -0.1) is 0 Å². The molecule has 5 heteroatoms. The van der Waals surface area contributed by atoms with Crippen molar-refractivity contribution in [2.75, 3.05) is 26.6 Å². The molecule has 0 atom stereocenters.